The maximum atomic E-state index is 12.3. The molecular formula is C20H21BrN2O3. The number of aryl methyl sites for hydroxylation is 1. The van der Waals surface area contributed by atoms with Crippen molar-refractivity contribution in [3.8, 4) is 5.75 Å². The van der Waals surface area contributed by atoms with Gasteiger partial charge in [0, 0.05) is 16.2 Å². The van der Waals surface area contributed by atoms with Gasteiger partial charge in [-0.3, -0.25) is 9.59 Å². The van der Waals surface area contributed by atoms with Crippen molar-refractivity contribution in [1.29, 1.82) is 0 Å². The number of nitrogens with one attached hydrogen (secondary N) is 2. The minimum absolute atomic E-state index is 0.276. The van der Waals surface area contributed by atoms with Crippen LogP contribution in [0.25, 0.3) is 6.08 Å². The fourth-order valence-electron chi connectivity index (χ4n) is 2.22. The number of hydrogen-bond acceptors (Lipinski definition) is 3. The van der Waals surface area contributed by atoms with Crippen LogP contribution in [0.3, 0.4) is 0 Å². The first kappa shape index (κ1) is 19.7. The van der Waals surface area contributed by atoms with E-state index in [1.807, 2.05) is 49.4 Å². The maximum absolute atomic E-state index is 12.3. The van der Waals surface area contributed by atoms with E-state index in [4.69, 9.17) is 4.74 Å². The average molecular weight is 417 g/mol. The third-order valence-corrected chi connectivity index (χ3v) is 4.23. The van der Waals surface area contributed by atoms with E-state index in [2.05, 4.69) is 26.6 Å². The van der Waals surface area contributed by atoms with Gasteiger partial charge in [-0.25, -0.2) is 0 Å². The SMILES string of the molecule is COc1ccc(/C=C/C(=O)NC(C)C(=O)Nc2ccc(Br)cc2C)cc1. The molecule has 0 saturated carbocycles. The summed E-state index contributed by atoms with van der Waals surface area (Å²) in [6, 6.07) is 12.2. The molecule has 2 rings (SSSR count). The monoisotopic (exact) mass is 416 g/mol. The van der Waals surface area contributed by atoms with Gasteiger partial charge in [-0.1, -0.05) is 28.1 Å². The van der Waals surface area contributed by atoms with Crippen LogP contribution in [0.1, 0.15) is 18.1 Å². The summed E-state index contributed by atoms with van der Waals surface area (Å²) in [6.07, 6.45) is 3.08. The molecule has 136 valence electrons. The number of hydrogen-bond donors (Lipinski definition) is 2. The molecule has 0 aliphatic rings. The quantitative estimate of drug-likeness (QED) is 0.701. The lowest BCUT2D eigenvalue weighted by molar-refractivity contribution is -0.123. The Labute approximate surface area is 161 Å². The van der Waals surface area contributed by atoms with Gasteiger partial charge in [0.15, 0.2) is 0 Å². The van der Waals surface area contributed by atoms with E-state index < -0.39 is 6.04 Å². The Hall–Kier alpha value is -2.60. The zero-order valence-electron chi connectivity index (χ0n) is 14.9. The number of amides is 2. The fourth-order valence-corrected chi connectivity index (χ4v) is 2.70. The predicted molar refractivity (Wildman–Crippen MR) is 107 cm³/mol. The van der Waals surface area contributed by atoms with E-state index in [9.17, 15) is 9.59 Å². The molecule has 1 atom stereocenters. The summed E-state index contributed by atoms with van der Waals surface area (Å²) in [5.41, 5.74) is 2.52. The second kappa shape index (κ2) is 9.20. The van der Waals surface area contributed by atoms with Crippen molar-refractivity contribution in [2.75, 3.05) is 12.4 Å². The second-order valence-corrected chi connectivity index (χ2v) is 6.70. The second-order valence-electron chi connectivity index (χ2n) is 5.79. The number of carbonyl (C=O) groups is 2. The van der Waals surface area contributed by atoms with Crippen LogP contribution in [0.15, 0.2) is 53.0 Å². The number of methoxy groups -OCH3 is 1. The lowest BCUT2D eigenvalue weighted by Crippen LogP contribution is -2.40. The van der Waals surface area contributed by atoms with E-state index >= 15 is 0 Å². The number of carbonyl (C=O) groups excluding carboxylic acids is 2. The molecular weight excluding hydrogens is 396 g/mol. The van der Waals surface area contributed by atoms with Crippen LogP contribution >= 0.6 is 15.9 Å². The van der Waals surface area contributed by atoms with Crippen LogP contribution in [0.5, 0.6) is 5.75 Å². The Morgan fingerprint density at radius 2 is 1.85 bits per heavy atom. The molecule has 0 spiro atoms. The van der Waals surface area contributed by atoms with Crippen molar-refractivity contribution >= 4 is 39.5 Å². The molecule has 2 amide bonds. The first-order valence-corrected chi connectivity index (χ1v) is 8.88. The van der Waals surface area contributed by atoms with Crippen molar-refractivity contribution < 1.29 is 14.3 Å². The third-order valence-electron chi connectivity index (χ3n) is 3.74. The minimum Gasteiger partial charge on any atom is -0.497 e. The molecule has 0 fully saturated rings. The van der Waals surface area contributed by atoms with Crippen molar-refractivity contribution in [2.24, 2.45) is 0 Å². The maximum Gasteiger partial charge on any atom is 0.246 e. The van der Waals surface area contributed by atoms with Gasteiger partial charge in [0.05, 0.1) is 7.11 Å². The average Bonchev–Trinajstić information content (AvgIpc) is 2.62. The number of halogens is 1. The normalized spacial score (nSPS) is 11.8. The zero-order chi connectivity index (χ0) is 19.1. The number of rotatable bonds is 6. The van der Waals surface area contributed by atoms with Crippen molar-refractivity contribution in [1.82, 2.24) is 5.32 Å². The molecule has 0 bridgehead atoms. The molecule has 6 heteroatoms. The molecule has 0 aliphatic carbocycles. The lowest BCUT2D eigenvalue weighted by atomic mass is 10.2. The summed E-state index contributed by atoms with van der Waals surface area (Å²) in [4.78, 5) is 24.3. The molecule has 1 unspecified atom stereocenters. The van der Waals surface area contributed by atoms with E-state index in [1.165, 1.54) is 6.08 Å². The van der Waals surface area contributed by atoms with Gasteiger partial charge in [-0.2, -0.15) is 0 Å². The molecule has 5 nitrogen and oxygen atoms in total. The third kappa shape index (κ3) is 5.74. The Morgan fingerprint density at radius 3 is 2.46 bits per heavy atom. The molecule has 0 radical (unpaired) electrons. The fraction of sp³-hybridized carbons (Fsp3) is 0.200. The first-order valence-electron chi connectivity index (χ1n) is 8.08. The Balaban J connectivity index is 1.90. The summed E-state index contributed by atoms with van der Waals surface area (Å²) in [7, 11) is 1.60. The van der Waals surface area contributed by atoms with Crippen LogP contribution in [0, 0.1) is 6.92 Å². The molecule has 0 aliphatic heterocycles. The Kier molecular flexibility index (Phi) is 6.97. The molecule has 2 aromatic carbocycles. The predicted octanol–water partition coefficient (Wildman–Crippen LogP) is 3.92. The number of ether oxygens (including phenoxy) is 1. The highest BCUT2D eigenvalue weighted by molar-refractivity contribution is 9.10. The smallest absolute Gasteiger partial charge is 0.246 e. The van der Waals surface area contributed by atoms with Crippen LogP contribution in [0.2, 0.25) is 0 Å². The number of anilines is 1. The molecule has 0 saturated heterocycles. The van der Waals surface area contributed by atoms with Gasteiger partial charge >= 0.3 is 0 Å². The zero-order valence-corrected chi connectivity index (χ0v) is 16.5. The van der Waals surface area contributed by atoms with Gasteiger partial charge in [-0.05, 0) is 61.4 Å². The largest absolute Gasteiger partial charge is 0.497 e. The lowest BCUT2D eigenvalue weighted by Gasteiger charge is -2.14. The van der Waals surface area contributed by atoms with E-state index in [1.54, 1.807) is 20.1 Å². The Bertz CT molecular complexity index is 816. The summed E-state index contributed by atoms with van der Waals surface area (Å²) in [5, 5.41) is 5.47. The standard InChI is InChI=1S/C20H21BrN2O3/c1-13-12-16(21)7-10-18(13)23-20(25)14(2)22-19(24)11-6-15-4-8-17(26-3)9-5-15/h4-12,14H,1-3H3,(H,22,24)(H,23,25)/b11-6+. The molecule has 2 N–H and O–H groups in total. The van der Waals surface area contributed by atoms with Crippen LogP contribution in [0.4, 0.5) is 5.69 Å². The van der Waals surface area contributed by atoms with E-state index in [0.29, 0.717) is 5.69 Å². The van der Waals surface area contributed by atoms with Gasteiger partial charge < -0.3 is 15.4 Å². The minimum atomic E-state index is -0.661. The molecule has 0 heterocycles. The highest BCUT2D eigenvalue weighted by atomic mass is 79.9. The topological polar surface area (TPSA) is 67.4 Å². The summed E-state index contributed by atoms with van der Waals surface area (Å²) in [5.74, 6) is 0.137. The van der Waals surface area contributed by atoms with Gasteiger partial charge in [0.2, 0.25) is 11.8 Å². The van der Waals surface area contributed by atoms with Crippen molar-refractivity contribution in [3.63, 3.8) is 0 Å². The van der Waals surface area contributed by atoms with E-state index in [-0.39, 0.29) is 11.8 Å². The van der Waals surface area contributed by atoms with Crippen LogP contribution in [-0.2, 0) is 9.59 Å². The molecule has 2 aromatic rings. The van der Waals surface area contributed by atoms with Gasteiger partial charge in [0.25, 0.3) is 0 Å². The van der Waals surface area contributed by atoms with Crippen LogP contribution < -0.4 is 15.4 Å². The molecule has 26 heavy (non-hydrogen) atoms. The van der Waals surface area contributed by atoms with Crippen LogP contribution in [-0.4, -0.2) is 25.0 Å². The summed E-state index contributed by atoms with van der Waals surface area (Å²) < 4.78 is 6.03. The summed E-state index contributed by atoms with van der Waals surface area (Å²) in [6.45, 7) is 3.55. The molecule has 0 aromatic heterocycles. The van der Waals surface area contributed by atoms with Crippen molar-refractivity contribution in [3.05, 3.63) is 64.1 Å². The van der Waals surface area contributed by atoms with Crippen molar-refractivity contribution in [2.45, 2.75) is 19.9 Å². The summed E-state index contributed by atoms with van der Waals surface area (Å²) >= 11 is 3.38. The van der Waals surface area contributed by atoms with Gasteiger partial charge in [0.1, 0.15) is 11.8 Å². The van der Waals surface area contributed by atoms with Gasteiger partial charge in [-0.15, -0.1) is 0 Å². The highest BCUT2D eigenvalue weighted by Gasteiger charge is 2.15. The highest BCUT2D eigenvalue weighted by Crippen LogP contribution is 2.20. The van der Waals surface area contributed by atoms with E-state index in [0.717, 1.165) is 21.3 Å². The number of benzene rings is 2. The first-order chi connectivity index (χ1) is 12.4. The Morgan fingerprint density at radius 1 is 1.15 bits per heavy atom.